The van der Waals surface area contributed by atoms with Crippen LogP contribution < -0.4 is 11.3 Å². The van der Waals surface area contributed by atoms with E-state index in [1.165, 1.54) is 0 Å². The molecule has 6 nitrogen and oxygen atoms in total. The highest BCUT2D eigenvalue weighted by Crippen LogP contribution is 2.25. The van der Waals surface area contributed by atoms with Crippen molar-refractivity contribution in [3.8, 4) is 0 Å². The molecule has 1 atom stereocenters. The standard InChI is InChI=1S/C12H17BrN6/c1-3-19-11(12(13)8(2)18-19)6-9(17-14)10-7-15-4-5-16-10/h4-5,7,9,17H,3,6,14H2,1-2H3. The molecule has 1 unspecified atom stereocenters. The summed E-state index contributed by atoms with van der Waals surface area (Å²) >= 11 is 3.58. The lowest BCUT2D eigenvalue weighted by molar-refractivity contribution is 0.505. The Kier molecular flexibility index (Phi) is 4.62. The van der Waals surface area contributed by atoms with Crippen LogP contribution in [0.5, 0.6) is 0 Å². The maximum Gasteiger partial charge on any atom is 0.0773 e. The quantitative estimate of drug-likeness (QED) is 0.643. The number of hydrogen-bond acceptors (Lipinski definition) is 5. The van der Waals surface area contributed by atoms with Gasteiger partial charge in [0.1, 0.15) is 0 Å². The fraction of sp³-hybridized carbons (Fsp3) is 0.417. The molecule has 7 heteroatoms. The number of hydrogen-bond donors (Lipinski definition) is 2. The van der Waals surface area contributed by atoms with Crippen molar-refractivity contribution in [3.63, 3.8) is 0 Å². The Bertz CT molecular complexity index is 539. The second-order valence-corrected chi connectivity index (χ2v) is 5.01. The van der Waals surface area contributed by atoms with Gasteiger partial charge < -0.3 is 0 Å². The lowest BCUT2D eigenvalue weighted by atomic mass is 10.1. The van der Waals surface area contributed by atoms with Crippen LogP contribution >= 0.6 is 15.9 Å². The first-order valence-electron chi connectivity index (χ1n) is 6.11. The van der Waals surface area contributed by atoms with E-state index in [0.717, 1.165) is 28.1 Å². The van der Waals surface area contributed by atoms with E-state index in [9.17, 15) is 0 Å². The third kappa shape index (κ3) is 2.99. The van der Waals surface area contributed by atoms with Crippen molar-refractivity contribution in [1.29, 1.82) is 0 Å². The first-order chi connectivity index (χ1) is 9.17. The summed E-state index contributed by atoms with van der Waals surface area (Å²) in [6, 6.07) is -0.0913. The van der Waals surface area contributed by atoms with E-state index in [1.807, 2.05) is 11.6 Å². The van der Waals surface area contributed by atoms with Crippen LogP contribution in [0.25, 0.3) is 0 Å². The van der Waals surface area contributed by atoms with Crippen molar-refractivity contribution in [1.82, 2.24) is 25.2 Å². The van der Waals surface area contributed by atoms with Crippen molar-refractivity contribution in [2.45, 2.75) is 32.9 Å². The molecular formula is C12H17BrN6. The van der Waals surface area contributed by atoms with Crippen molar-refractivity contribution in [2.75, 3.05) is 0 Å². The zero-order valence-corrected chi connectivity index (χ0v) is 12.6. The van der Waals surface area contributed by atoms with Gasteiger partial charge in [-0.3, -0.25) is 25.9 Å². The zero-order valence-electron chi connectivity index (χ0n) is 11.0. The second-order valence-electron chi connectivity index (χ2n) is 4.22. The third-order valence-electron chi connectivity index (χ3n) is 2.99. The molecule has 0 aliphatic heterocycles. The maximum atomic E-state index is 5.64. The van der Waals surface area contributed by atoms with Crippen molar-refractivity contribution in [2.24, 2.45) is 5.84 Å². The fourth-order valence-corrected chi connectivity index (χ4v) is 2.44. The average molecular weight is 325 g/mol. The zero-order chi connectivity index (χ0) is 13.8. The highest BCUT2D eigenvalue weighted by Gasteiger charge is 2.19. The van der Waals surface area contributed by atoms with Gasteiger partial charge in [-0.05, 0) is 29.8 Å². The van der Waals surface area contributed by atoms with E-state index < -0.39 is 0 Å². The van der Waals surface area contributed by atoms with Crippen molar-refractivity contribution < 1.29 is 0 Å². The summed E-state index contributed by atoms with van der Waals surface area (Å²) < 4.78 is 3.00. The Morgan fingerprint density at radius 2 is 2.26 bits per heavy atom. The molecule has 3 N–H and O–H groups in total. The Morgan fingerprint density at radius 3 is 2.84 bits per heavy atom. The van der Waals surface area contributed by atoms with Crippen LogP contribution in [0.3, 0.4) is 0 Å². The number of nitrogens with two attached hydrogens (primary N) is 1. The van der Waals surface area contributed by atoms with Crippen molar-refractivity contribution >= 4 is 15.9 Å². The Balaban J connectivity index is 2.29. The predicted molar refractivity (Wildman–Crippen MR) is 76.1 cm³/mol. The molecule has 0 aliphatic rings. The summed E-state index contributed by atoms with van der Waals surface area (Å²) in [4.78, 5) is 8.36. The summed E-state index contributed by atoms with van der Waals surface area (Å²) in [5.41, 5.74) is 5.69. The Hall–Kier alpha value is -1.31. The molecule has 2 rings (SSSR count). The average Bonchev–Trinajstić information content (AvgIpc) is 2.72. The van der Waals surface area contributed by atoms with E-state index in [2.05, 4.69) is 43.3 Å². The number of rotatable bonds is 5. The molecular weight excluding hydrogens is 308 g/mol. The highest BCUT2D eigenvalue weighted by atomic mass is 79.9. The van der Waals surface area contributed by atoms with Crippen LogP contribution in [0, 0.1) is 6.92 Å². The van der Waals surface area contributed by atoms with Crippen molar-refractivity contribution in [3.05, 3.63) is 40.1 Å². The number of nitrogens with zero attached hydrogens (tertiary/aromatic N) is 4. The van der Waals surface area contributed by atoms with Gasteiger partial charge in [0.25, 0.3) is 0 Å². The summed E-state index contributed by atoms with van der Waals surface area (Å²) in [7, 11) is 0. The largest absolute Gasteiger partial charge is 0.271 e. The van der Waals surface area contributed by atoms with Gasteiger partial charge in [-0.15, -0.1) is 0 Å². The summed E-state index contributed by atoms with van der Waals surface area (Å²) in [5.74, 6) is 5.64. The van der Waals surface area contributed by atoms with Crippen LogP contribution in [0.15, 0.2) is 23.1 Å². The molecule has 19 heavy (non-hydrogen) atoms. The van der Waals surface area contributed by atoms with Gasteiger partial charge in [-0.25, -0.2) is 0 Å². The smallest absolute Gasteiger partial charge is 0.0773 e. The number of hydrazine groups is 1. The number of nitrogens with one attached hydrogen (secondary N) is 1. The summed E-state index contributed by atoms with van der Waals surface area (Å²) in [5, 5.41) is 4.47. The molecule has 0 fully saturated rings. The lowest BCUT2D eigenvalue weighted by Crippen LogP contribution is -2.31. The molecule has 0 saturated carbocycles. The molecule has 0 spiro atoms. The minimum Gasteiger partial charge on any atom is -0.271 e. The second kappa shape index (κ2) is 6.23. The minimum atomic E-state index is -0.0913. The molecule has 2 aromatic heterocycles. The predicted octanol–water partition coefficient (Wildman–Crippen LogP) is 1.51. The molecule has 2 heterocycles. The van der Waals surface area contributed by atoms with E-state index in [1.54, 1.807) is 18.6 Å². The van der Waals surface area contributed by atoms with Crippen LogP contribution in [0.2, 0.25) is 0 Å². The first kappa shape index (κ1) is 14.1. The summed E-state index contributed by atoms with van der Waals surface area (Å²) in [6.45, 7) is 4.86. The Morgan fingerprint density at radius 1 is 1.47 bits per heavy atom. The molecule has 0 amide bonds. The lowest BCUT2D eigenvalue weighted by Gasteiger charge is -2.15. The van der Waals surface area contributed by atoms with Crippen LogP contribution in [0.4, 0.5) is 0 Å². The molecule has 0 saturated heterocycles. The van der Waals surface area contributed by atoms with E-state index in [4.69, 9.17) is 5.84 Å². The number of aromatic nitrogens is 4. The van der Waals surface area contributed by atoms with E-state index in [-0.39, 0.29) is 6.04 Å². The fourth-order valence-electron chi connectivity index (χ4n) is 2.00. The number of aryl methyl sites for hydroxylation is 2. The van der Waals surface area contributed by atoms with Crippen LogP contribution in [0.1, 0.15) is 30.0 Å². The van der Waals surface area contributed by atoms with Gasteiger partial charge in [0, 0.05) is 25.4 Å². The molecule has 0 bridgehead atoms. The van der Waals surface area contributed by atoms with Crippen LogP contribution in [-0.2, 0) is 13.0 Å². The van der Waals surface area contributed by atoms with Gasteiger partial charge in [0.05, 0.1) is 33.8 Å². The SMILES string of the molecule is CCn1nc(C)c(Br)c1CC(NN)c1cnccn1. The monoisotopic (exact) mass is 324 g/mol. The summed E-state index contributed by atoms with van der Waals surface area (Å²) in [6.07, 6.45) is 5.73. The van der Waals surface area contributed by atoms with Gasteiger partial charge in [0.15, 0.2) is 0 Å². The molecule has 0 aromatic carbocycles. The van der Waals surface area contributed by atoms with Gasteiger partial charge >= 0.3 is 0 Å². The topological polar surface area (TPSA) is 81.7 Å². The maximum absolute atomic E-state index is 5.64. The van der Waals surface area contributed by atoms with Gasteiger partial charge in [0.2, 0.25) is 0 Å². The minimum absolute atomic E-state index is 0.0913. The number of halogens is 1. The van der Waals surface area contributed by atoms with Gasteiger partial charge in [-0.2, -0.15) is 5.10 Å². The normalized spacial score (nSPS) is 12.6. The molecule has 102 valence electrons. The molecule has 0 radical (unpaired) electrons. The molecule has 2 aromatic rings. The molecule has 0 aliphatic carbocycles. The van der Waals surface area contributed by atoms with E-state index in [0.29, 0.717) is 6.42 Å². The van der Waals surface area contributed by atoms with Crippen LogP contribution in [-0.4, -0.2) is 19.7 Å². The third-order valence-corrected chi connectivity index (χ3v) is 4.02. The van der Waals surface area contributed by atoms with E-state index >= 15 is 0 Å². The van der Waals surface area contributed by atoms with Gasteiger partial charge in [-0.1, -0.05) is 0 Å². The highest BCUT2D eigenvalue weighted by molar-refractivity contribution is 9.10. The first-order valence-corrected chi connectivity index (χ1v) is 6.90. The Labute approximate surface area is 120 Å².